The lowest BCUT2D eigenvalue weighted by Crippen LogP contribution is -2.21. The number of hydrogen-bond acceptors (Lipinski definition) is 5. The number of Topliss-reactive ketones (excluding diaryl/α,β-unsaturated/α-hetero) is 1. The average molecular weight is 339 g/mol. The fourth-order valence-electron chi connectivity index (χ4n) is 2.81. The van der Waals surface area contributed by atoms with Crippen LogP contribution in [0.5, 0.6) is 11.5 Å². The second-order valence-electron chi connectivity index (χ2n) is 5.47. The summed E-state index contributed by atoms with van der Waals surface area (Å²) in [5, 5.41) is 13.2. The summed E-state index contributed by atoms with van der Waals surface area (Å²) in [5.41, 5.74) is 1.01. The van der Waals surface area contributed by atoms with Crippen LogP contribution in [-0.2, 0) is 9.59 Å². The second kappa shape index (κ2) is 6.68. The number of carbonyl (C=O) groups is 2. The standard InChI is InChI=1S/C19H17NO5/c1-24-12-8-9-13(14(10-12)25-2)16-15(18(22)19(23)20-16)17(21)11-6-4-3-5-7-11/h3-10,16,21H,1-2H3,(H,20,23)/b17-15+. The number of ketones is 1. The van der Waals surface area contributed by atoms with Gasteiger partial charge in [0.25, 0.3) is 11.7 Å². The van der Waals surface area contributed by atoms with E-state index in [0.29, 0.717) is 22.6 Å². The van der Waals surface area contributed by atoms with Gasteiger partial charge in [0, 0.05) is 17.2 Å². The van der Waals surface area contributed by atoms with Crippen molar-refractivity contribution in [1.29, 1.82) is 0 Å². The molecular formula is C19H17NO5. The Hall–Kier alpha value is -3.28. The second-order valence-corrected chi connectivity index (χ2v) is 5.47. The van der Waals surface area contributed by atoms with Crippen molar-refractivity contribution in [2.24, 2.45) is 0 Å². The molecule has 0 saturated carbocycles. The minimum atomic E-state index is -0.805. The first kappa shape index (κ1) is 16.6. The van der Waals surface area contributed by atoms with Crippen LogP contribution in [0.4, 0.5) is 0 Å². The van der Waals surface area contributed by atoms with Crippen molar-refractivity contribution in [2.75, 3.05) is 14.2 Å². The number of ether oxygens (including phenoxy) is 2. The summed E-state index contributed by atoms with van der Waals surface area (Å²) in [4.78, 5) is 24.3. The van der Waals surface area contributed by atoms with Crippen LogP contribution in [0.2, 0.25) is 0 Å². The molecule has 1 amide bonds. The number of rotatable bonds is 4. The summed E-state index contributed by atoms with van der Waals surface area (Å²) in [6.45, 7) is 0. The highest BCUT2D eigenvalue weighted by Crippen LogP contribution is 2.38. The Morgan fingerprint density at radius 1 is 1.04 bits per heavy atom. The first-order valence-corrected chi connectivity index (χ1v) is 7.62. The summed E-state index contributed by atoms with van der Waals surface area (Å²) in [6, 6.07) is 12.9. The lowest BCUT2D eigenvalue weighted by molar-refractivity contribution is -0.133. The maximum atomic E-state index is 12.3. The van der Waals surface area contributed by atoms with Gasteiger partial charge in [-0.1, -0.05) is 30.3 Å². The van der Waals surface area contributed by atoms with Crippen LogP contribution < -0.4 is 14.8 Å². The largest absolute Gasteiger partial charge is 0.507 e. The Morgan fingerprint density at radius 2 is 1.76 bits per heavy atom. The van der Waals surface area contributed by atoms with Crippen molar-refractivity contribution >= 4 is 17.4 Å². The molecule has 3 rings (SSSR count). The van der Waals surface area contributed by atoms with E-state index in [2.05, 4.69) is 5.32 Å². The molecule has 1 aliphatic rings. The SMILES string of the molecule is COc1ccc(C2NC(=O)C(=O)/C2=C(/O)c2ccccc2)c(OC)c1. The zero-order valence-electron chi connectivity index (χ0n) is 13.8. The van der Waals surface area contributed by atoms with Crippen molar-refractivity contribution < 1.29 is 24.2 Å². The number of hydrogen-bond donors (Lipinski definition) is 2. The van der Waals surface area contributed by atoms with Crippen LogP contribution in [-0.4, -0.2) is 31.0 Å². The number of nitrogens with one attached hydrogen (secondary N) is 1. The summed E-state index contributed by atoms with van der Waals surface area (Å²) in [7, 11) is 3.01. The van der Waals surface area contributed by atoms with Crippen LogP contribution >= 0.6 is 0 Å². The number of carbonyl (C=O) groups excluding carboxylic acids is 2. The minimum absolute atomic E-state index is 0.000308. The van der Waals surface area contributed by atoms with Gasteiger partial charge in [-0.3, -0.25) is 9.59 Å². The highest BCUT2D eigenvalue weighted by atomic mass is 16.5. The van der Waals surface area contributed by atoms with E-state index in [1.165, 1.54) is 14.2 Å². The molecular weight excluding hydrogens is 322 g/mol. The summed E-state index contributed by atoms with van der Waals surface area (Å²) >= 11 is 0. The molecule has 1 saturated heterocycles. The Morgan fingerprint density at radius 3 is 2.40 bits per heavy atom. The molecule has 25 heavy (non-hydrogen) atoms. The van der Waals surface area contributed by atoms with E-state index in [-0.39, 0.29) is 11.3 Å². The fraction of sp³-hybridized carbons (Fsp3) is 0.158. The molecule has 1 unspecified atom stereocenters. The van der Waals surface area contributed by atoms with Gasteiger partial charge in [-0.25, -0.2) is 0 Å². The third-order valence-corrected chi connectivity index (χ3v) is 4.07. The molecule has 1 heterocycles. The van der Waals surface area contributed by atoms with Crippen LogP contribution in [0.1, 0.15) is 17.2 Å². The van der Waals surface area contributed by atoms with E-state index in [9.17, 15) is 14.7 Å². The molecule has 0 spiro atoms. The summed E-state index contributed by atoms with van der Waals surface area (Å²) in [6.07, 6.45) is 0. The van der Waals surface area contributed by atoms with Crippen LogP contribution in [0.3, 0.4) is 0 Å². The predicted octanol–water partition coefficient (Wildman–Crippen LogP) is 2.41. The molecule has 1 atom stereocenters. The Labute approximate surface area is 144 Å². The van der Waals surface area contributed by atoms with Gasteiger partial charge in [-0.2, -0.15) is 0 Å². The van der Waals surface area contributed by atoms with E-state index in [1.54, 1.807) is 48.5 Å². The molecule has 0 bridgehead atoms. The van der Waals surface area contributed by atoms with Gasteiger partial charge >= 0.3 is 0 Å². The lowest BCUT2D eigenvalue weighted by atomic mass is 9.95. The Balaban J connectivity index is 2.15. The monoisotopic (exact) mass is 339 g/mol. The Bertz CT molecular complexity index is 857. The van der Waals surface area contributed by atoms with Gasteiger partial charge in [0.15, 0.2) is 0 Å². The molecule has 128 valence electrons. The molecule has 2 aromatic carbocycles. The average Bonchev–Trinajstić information content (AvgIpc) is 2.95. The third kappa shape index (κ3) is 2.94. The first-order chi connectivity index (χ1) is 12.1. The molecule has 1 fully saturated rings. The Kier molecular flexibility index (Phi) is 4.43. The minimum Gasteiger partial charge on any atom is -0.507 e. The van der Waals surface area contributed by atoms with Gasteiger partial charge in [0.05, 0.1) is 25.8 Å². The van der Waals surface area contributed by atoms with Crippen molar-refractivity contribution in [3.63, 3.8) is 0 Å². The number of amides is 1. The van der Waals surface area contributed by atoms with Crippen molar-refractivity contribution in [3.05, 3.63) is 65.2 Å². The maximum absolute atomic E-state index is 12.3. The summed E-state index contributed by atoms with van der Waals surface area (Å²) < 4.78 is 10.5. The van der Waals surface area contributed by atoms with E-state index in [0.717, 1.165) is 0 Å². The zero-order valence-corrected chi connectivity index (χ0v) is 13.8. The number of aliphatic hydroxyl groups excluding tert-OH is 1. The van der Waals surface area contributed by atoms with Gasteiger partial charge in [-0.05, 0) is 12.1 Å². The van der Waals surface area contributed by atoms with Crippen LogP contribution in [0, 0.1) is 0 Å². The van der Waals surface area contributed by atoms with Gasteiger partial charge in [0.1, 0.15) is 17.3 Å². The predicted molar refractivity (Wildman–Crippen MR) is 91.4 cm³/mol. The number of aliphatic hydroxyl groups is 1. The smallest absolute Gasteiger partial charge is 0.293 e. The summed E-state index contributed by atoms with van der Waals surface area (Å²) in [5.74, 6) is -0.733. The molecule has 1 aliphatic heterocycles. The normalized spacial score (nSPS) is 18.7. The van der Waals surface area contributed by atoms with Crippen molar-refractivity contribution in [1.82, 2.24) is 5.32 Å². The number of benzene rings is 2. The van der Waals surface area contributed by atoms with E-state index in [1.807, 2.05) is 0 Å². The van der Waals surface area contributed by atoms with Crippen LogP contribution in [0.25, 0.3) is 5.76 Å². The lowest BCUT2D eigenvalue weighted by Gasteiger charge is -2.17. The zero-order chi connectivity index (χ0) is 18.0. The first-order valence-electron chi connectivity index (χ1n) is 7.62. The molecule has 2 N–H and O–H groups in total. The molecule has 0 aromatic heterocycles. The molecule has 6 nitrogen and oxygen atoms in total. The van der Waals surface area contributed by atoms with Gasteiger partial charge in [-0.15, -0.1) is 0 Å². The molecule has 2 aromatic rings. The van der Waals surface area contributed by atoms with E-state index in [4.69, 9.17) is 9.47 Å². The van der Waals surface area contributed by atoms with Crippen LogP contribution in [0.15, 0.2) is 54.1 Å². The highest BCUT2D eigenvalue weighted by Gasteiger charge is 2.40. The van der Waals surface area contributed by atoms with Crippen molar-refractivity contribution in [3.8, 4) is 11.5 Å². The van der Waals surface area contributed by atoms with Gasteiger partial charge in [0.2, 0.25) is 0 Å². The molecule has 0 radical (unpaired) electrons. The van der Waals surface area contributed by atoms with E-state index < -0.39 is 17.7 Å². The maximum Gasteiger partial charge on any atom is 0.293 e. The topological polar surface area (TPSA) is 84.9 Å². The van der Waals surface area contributed by atoms with Gasteiger partial charge < -0.3 is 19.9 Å². The van der Waals surface area contributed by atoms with E-state index >= 15 is 0 Å². The van der Waals surface area contributed by atoms with Crippen molar-refractivity contribution in [2.45, 2.75) is 6.04 Å². The highest BCUT2D eigenvalue weighted by molar-refractivity contribution is 6.46. The molecule has 0 aliphatic carbocycles. The molecule has 6 heteroatoms. The fourth-order valence-corrected chi connectivity index (χ4v) is 2.81. The number of methoxy groups -OCH3 is 2. The third-order valence-electron chi connectivity index (χ3n) is 4.07. The quantitative estimate of drug-likeness (QED) is 0.508.